The molecule has 0 spiro atoms. The van der Waals surface area contributed by atoms with Gasteiger partial charge >= 0.3 is 5.69 Å². The van der Waals surface area contributed by atoms with E-state index in [4.69, 9.17) is 9.95 Å². The predicted octanol–water partition coefficient (Wildman–Crippen LogP) is 2.49. The fraction of sp³-hybridized carbons (Fsp3) is 0.143. The molecule has 0 atom stereocenters. The molecule has 0 saturated heterocycles. The van der Waals surface area contributed by atoms with Gasteiger partial charge in [-0.2, -0.15) is 8.42 Å². The highest BCUT2D eigenvalue weighted by Crippen LogP contribution is 2.30. The van der Waals surface area contributed by atoms with Crippen LogP contribution in [-0.2, 0) is 10.1 Å². The summed E-state index contributed by atoms with van der Waals surface area (Å²) in [7, 11) is -4.31. The molecule has 0 saturated carbocycles. The van der Waals surface area contributed by atoms with Crippen LogP contribution in [0.1, 0.15) is 5.56 Å². The van der Waals surface area contributed by atoms with Crippen molar-refractivity contribution in [3.63, 3.8) is 0 Å². The SMILES string of the molecule is Cc1cc([N+]#N)cc(S(=O)(=O)O)c1Br. The molecule has 0 fully saturated rings. The molecule has 0 aromatic heterocycles. The second-order valence-corrected chi connectivity index (χ2v) is 4.83. The lowest BCUT2D eigenvalue weighted by Gasteiger charge is -2.01. The van der Waals surface area contributed by atoms with Gasteiger partial charge < -0.3 is 0 Å². The maximum absolute atomic E-state index is 10.9. The molecule has 74 valence electrons. The van der Waals surface area contributed by atoms with Crippen molar-refractivity contribution in [2.45, 2.75) is 11.8 Å². The van der Waals surface area contributed by atoms with Gasteiger partial charge in [-0.15, -0.1) is 0 Å². The molecule has 0 aliphatic rings. The predicted molar refractivity (Wildman–Crippen MR) is 53.4 cm³/mol. The lowest BCUT2D eigenvalue weighted by Crippen LogP contribution is -1.99. The number of aryl methyl sites for hydroxylation is 1. The van der Waals surface area contributed by atoms with E-state index in [1.165, 1.54) is 6.07 Å². The van der Waals surface area contributed by atoms with E-state index >= 15 is 0 Å². The maximum Gasteiger partial charge on any atom is 0.386 e. The van der Waals surface area contributed by atoms with Gasteiger partial charge in [-0.25, -0.2) is 0 Å². The molecule has 1 rings (SSSR count). The summed E-state index contributed by atoms with van der Waals surface area (Å²) >= 11 is 3.02. The lowest BCUT2D eigenvalue weighted by molar-refractivity contribution is 0.482. The molecule has 0 aliphatic carbocycles. The zero-order valence-electron chi connectivity index (χ0n) is 7.10. The molecule has 7 heteroatoms. The normalized spacial score (nSPS) is 11.0. The Hall–Kier alpha value is -0.970. The Morgan fingerprint density at radius 2 is 2.07 bits per heavy atom. The van der Waals surface area contributed by atoms with Gasteiger partial charge in [-0.1, -0.05) is 0 Å². The van der Waals surface area contributed by atoms with E-state index in [2.05, 4.69) is 20.9 Å². The minimum absolute atomic E-state index is 0.0679. The van der Waals surface area contributed by atoms with Gasteiger partial charge in [-0.05, 0) is 28.4 Å². The van der Waals surface area contributed by atoms with Gasteiger partial charge in [0.1, 0.15) is 4.90 Å². The third kappa shape index (κ3) is 2.09. The van der Waals surface area contributed by atoms with Crippen LogP contribution in [0.25, 0.3) is 4.98 Å². The Morgan fingerprint density at radius 1 is 1.50 bits per heavy atom. The number of nitrogens with zero attached hydrogens (tertiary/aromatic N) is 2. The zero-order chi connectivity index (χ0) is 10.9. The molecule has 0 bridgehead atoms. The highest BCUT2D eigenvalue weighted by molar-refractivity contribution is 9.10. The van der Waals surface area contributed by atoms with Crippen LogP contribution in [0.4, 0.5) is 5.69 Å². The quantitative estimate of drug-likeness (QED) is 0.632. The average molecular weight is 278 g/mol. The molecule has 1 N–H and O–H groups in total. The number of hydrogen-bond acceptors (Lipinski definition) is 3. The Balaban J connectivity index is 3.61. The third-order valence-electron chi connectivity index (χ3n) is 1.60. The Morgan fingerprint density at radius 3 is 2.50 bits per heavy atom. The van der Waals surface area contributed by atoms with Crippen molar-refractivity contribution in [3.8, 4) is 0 Å². The summed E-state index contributed by atoms with van der Waals surface area (Å²) < 4.78 is 30.8. The molecule has 0 unspecified atom stereocenters. The monoisotopic (exact) mass is 277 g/mol. The zero-order valence-corrected chi connectivity index (χ0v) is 9.50. The minimum atomic E-state index is -4.31. The van der Waals surface area contributed by atoms with Crippen LogP contribution < -0.4 is 0 Å². The van der Waals surface area contributed by atoms with E-state index in [0.717, 1.165) is 6.07 Å². The summed E-state index contributed by atoms with van der Waals surface area (Å²) in [5.74, 6) is 0. The van der Waals surface area contributed by atoms with Crippen molar-refractivity contribution < 1.29 is 13.0 Å². The smallest absolute Gasteiger partial charge is 0.282 e. The number of hydrogen-bond donors (Lipinski definition) is 1. The van der Waals surface area contributed by atoms with Gasteiger partial charge in [0.05, 0.1) is 6.07 Å². The van der Waals surface area contributed by atoms with E-state index in [1.807, 2.05) is 0 Å². The van der Waals surface area contributed by atoms with Gasteiger partial charge in [0, 0.05) is 10.5 Å². The van der Waals surface area contributed by atoms with Crippen LogP contribution in [0.3, 0.4) is 0 Å². The van der Waals surface area contributed by atoms with Crippen LogP contribution in [0.2, 0.25) is 0 Å². The summed E-state index contributed by atoms with van der Waals surface area (Å²) in [4.78, 5) is 2.54. The summed E-state index contributed by atoms with van der Waals surface area (Å²) in [6.45, 7) is 1.62. The number of rotatable bonds is 1. The standard InChI is InChI=1S/C7H5BrN2O3S/c1-4-2-5(10-9)3-6(7(4)8)14(11,12)13/h2-3H,1H3/p+1. The molecule has 1 aromatic carbocycles. The van der Waals surface area contributed by atoms with Crippen molar-refractivity contribution in [2.24, 2.45) is 0 Å². The molecule has 0 heterocycles. The summed E-state index contributed by atoms with van der Waals surface area (Å²) in [5, 5.41) is 8.48. The third-order valence-corrected chi connectivity index (χ3v) is 3.79. The molecular formula is C7H6BrN2O3S+. The first-order valence-electron chi connectivity index (χ1n) is 3.49. The molecule has 0 aliphatic heterocycles. The fourth-order valence-corrected chi connectivity index (χ4v) is 2.46. The van der Waals surface area contributed by atoms with Crippen LogP contribution >= 0.6 is 15.9 Å². The molecule has 14 heavy (non-hydrogen) atoms. The van der Waals surface area contributed by atoms with E-state index in [9.17, 15) is 8.42 Å². The maximum atomic E-state index is 10.9. The highest BCUT2D eigenvalue weighted by atomic mass is 79.9. The molecular weight excluding hydrogens is 272 g/mol. The van der Waals surface area contributed by atoms with Crippen molar-refractivity contribution in [2.75, 3.05) is 0 Å². The van der Waals surface area contributed by atoms with Gasteiger partial charge in [-0.3, -0.25) is 4.55 Å². The Bertz CT molecular complexity index is 518. The van der Waals surface area contributed by atoms with Crippen molar-refractivity contribution in [3.05, 3.63) is 27.1 Å². The Kier molecular flexibility index (Phi) is 2.89. The van der Waals surface area contributed by atoms with E-state index in [1.54, 1.807) is 6.92 Å². The number of benzene rings is 1. The number of diazo groups is 1. The van der Waals surface area contributed by atoms with Crippen LogP contribution in [0, 0.1) is 12.3 Å². The van der Waals surface area contributed by atoms with Gasteiger partial charge in [0.15, 0.2) is 4.98 Å². The molecule has 0 radical (unpaired) electrons. The minimum Gasteiger partial charge on any atom is -0.282 e. The van der Waals surface area contributed by atoms with Gasteiger partial charge in [0.25, 0.3) is 10.1 Å². The largest absolute Gasteiger partial charge is 0.386 e. The second-order valence-electron chi connectivity index (χ2n) is 2.65. The molecule has 5 nitrogen and oxygen atoms in total. The number of halogens is 1. The molecule has 0 amide bonds. The summed E-state index contributed by atoms with van der Waals surface area (Å²) in [5.41, 5.74) is 0.617. The summed E-state index contributed by atoms with van der Waals surface area (Å²) in [6.07, 6.45) is 0. The molecule has 1 aromatic rings. The van der Waals surface area contributed by atoms with E-state index < -0.39 is 10.1 Å². The van der Waals surface area contributed by atoms with Crippen LogP contribution in [0.5, 0.6) is 0 Å². The lowest BCUT2D eigenvalue weighted by atomic mass is 10.2. The van der Waals surface area contributed by atoms with Gasteiger partial charge in [0.2, 0.25) is 5.39 Å². The van der Waals surface area contributed by atoms with Crippen molar-refractivity contribution in [1.29, 1.82) is 5.39 Å². The van der Waals surface area contributed by atoms with Crippen LogP contribution in [-0.4, -0.2) is 13.0 Å². The second kappa shape index (κ2) is 3.65. The van der Waals surface area contributed by atoms with E-state index in [-0.39, 0.29) is 15.1 Å². The van der Waals surface area contributed by atoms with Crippen molar-refractivity contribution >= 4 is 31.7 Å². The summed E-state index contributed by atoms with van der Waals surface area (Å²) in [6, 6.07) is 2.53. The highest BCUT2D eigenvalue weighted by Gasteiger charge is 2.21. The topological polar surface area (TPSA) is 82.5 Å². The average Bonchev–Trinajstić information content (AvgIpc) is 2.07. The fourth-order valence-electron chi connectivity index (χ4n) is 0.964. The first kappa shape index (κ1) is 11.1. The van der Waals surface area contributed by atoms with Crippen molar-refractivity contribution in [1.82, 2.24) is 0 Å². The van der Waals surface area contributed by atoms with Crippen LogP contribution in [0.15, 0.2) is 21.5 Å². The van der Waals surface area contributed by atoms with E-state index in [0.29, 0.717) is 5.56 Å². The Labute approximate surface area is 89.3 Å². The first-order chi connectivity index (χ1) is 6.36. The first-order valence-corrected chi connectivity index (χ1v) is 5.72.